The molecule has 0 bridgehead atoms. The van der Waals surface area contributed by atoms with Gasteiger partial charge in [-0.2, -0.15) is 13.2 Å². The summed E-state index contributed by atoms with van der Waals surface area (Å²) in [5.74, 6) is -1.27. The average molecular weight is 624 g/mol. The fourth-order valence-corrected chi connectivity index (χ4v) is 6.37. The number of pyridine rings is 1. The van der Waals surface area contributed by atoms with Gasteiger partial charge in [-0.15, -0.1) is 0 Å². The fourth-order valence-electron chi connectivity index (χ4n) is 6.37. The first kappa shape index (κ1) is 30.7. The van der Waals surface area contributed by atoms with Crippen molar-refractivity contribution < 1.29 is 31.9 Å². The number of imide groups is 1. The molecule has 0 spiro atoms. The van der Waals surface area contributed by atoms with Crippen LogP contribution in [0.5, 0.6) is 0 Å². The molecule has 2 saturated heterocycles. The Labute approximate surface area is 257 Å². The highest BCUT2D eigenvalue weighted by Crippen LogP contribution is 2.40. The second kappa shape index (κ2) is 11.9. The van der Waals surface area contributed by atoms with E-state index in [1.807, 2.05) is 19.1 Å². The van der Waals surface area contributed by atoms with Crippen LogP contribution in [0.4, 0.5) is 23.4 Å². The van der Waals surface area contributed by atoms with E-state index in [1.54, 1.807) is 30.3 Å². The van der Waals surface area contributed by atoms with Gasteiger partial charge in [-0.3, -0.25) is 19.7 Å². The molecular formula is C33H33F4N5O3. The van der Waals surface area contributed by atoms with Gasteiger partial charge in [0.15, 0.2) is 0 Å². The molecule has 0 aliphatic carbocycles. The zero-order valence-corrected chi connectivity index (χ0v) is 24.7. The van der Waals surface area contributed by atoms with Crippen molar-refractivity contribution in [3.63, 3.8) is 0 Å². The van der Waals surface area contributed by atoms with Gasteiger partial charge in [0.05, 0.1) is 5.56 Å². The Bertz CT molecular complexity index is 1650. The van der Waals surface area contributed by atoms with E-state index in [1.165, 1.54) is 16.0 Å². The molecule has 3 amide bonds. The molecule has 8 nitrogen and oxygen atoms in total. The van der Waals surface area contributed by atoms with E-state index in [0.717, 1.165) is 22.8 Å². The number of hydrogen-bond donors (Lipinski definition) is 2. The molecule has 3 aliphatic heterocycles. The molecule has 3 aromatic rings. The topological polar surface area (TPSA) is 94.6 Å². The highest BCUT2D eigenvalue weighted by Gasteiger charge is 2.41. The Balaban J connectivity index is 1.06. The highest BCUT2D eigenvalue weighted by atomic mass is 19.4. The van der Waals surface area contributed by atoms with Crippen LogP contribution in [0, 0.1) is 6.92 Å². The van der Waals surface area contributed by atoms with Crippen LogP contribution < -0.4 is 15.5 Å². The Kier molecular flexibility index (Phi) is 8.11. The number of rotatable bonds is 7. The Morgan fingerprint density at radius 2 is 1.82 bits per heavy atom. The lowest BCUT2D eigenvalue weighted by atomic mass is 9.92. The standard InChI is InChI=1S/C33H33F4N5O3/c1-20-3-2-4-22(13-20)23-15-26(33(35,36)37)29(39-17-23)41-11-9-32(34,10-12-41)19-38-16-21-5-6-25-24(14-21)18-42(31(25)45)27-7-8-28(43)40-30(27)44/h2-6,13-15,17,27,38H,7-12,16,18-19H2,1H3,(H,40,43,44). The molecule has 1 unspecified atom stereocenters. The number of carbonyl (C=O) groups is 3. The minimum atomic E-state index is -4.62. The summed E-state index contributed by atoms with van der Waals surface area (Å²) in [6, 6.07) is 12.9. The van der Waals surface area contributed by atoms with Gasteiger partial charge in [-0.1, -0.05) is 42.0 Å². The monoisotopic (exact) mass is 623 g/mol. The number of carbonyl (C=O) groups excluding carboxylic acids is 3. The second-order valence-corrected chi connectivity index (χ2v) is 12.1. The molecule has 236 valence electrons. The van der Waals surface area contributed by atoms with Gasteiger partial charge in [0.1, 0.15) is 17.5 Å². The smallest absolute Gasteiger partial charge is 0.356 e. The van der Waals surface area contributed by atoms with E-state index in [9.17, 15) is 27.6 Å². The molecule has 45 heavy (non-hydrogen) atoms. The predicted octanol–water partition coefficient (Wildman–Crippen LogP) is 4.94. The van der Waals surface area contributed by atoms with Crippen molar-refractivity contribution in [1.29, 1.82) is 0 Å². The summed E-state index contributed by atoms with van der Waals surface area (Å²) in [7, 11) is 0. The van der Waals surface area contributed by atoms with E-state index in [4.69, 9.17) is 0 Å². The SMILES string of the molecule is Cc1cccc(-c2cnc(N3CCC(F)(CNCc4ccc5c(c4)CN(C4CCC(=O)NC4=O)C5=O)CC3)c(C(F)(F)F)c2)c1. The van der Waals surface area contributed by atoms with Gasteiger partial charge < -0.3 is 15.1 Å². The number of nitrogens with one attached hydrogen (secondary N) is 2. The molecule has 1 aromatic heterocycles. The molecule has 0 saturated carbocycles. The Hall–Kier alpha value is -4.32. The van der Waals surface area contributed by atoms with Crippen molar-refractivity contribution in [2.24, 2.45) is 0 Å². The molecular weight excluding hydrogens is 590 g/mol. The number of aryl methyl sites for hydroxylation is 1. The van der Waals surface area contributed by atoms with Gasteiger partial charge in [0, 0.05) is 69.3 Å². The predicted molar refractivity (Wildman–Crippen MR) is 159 cm³/mol. The van der Waals surface area contributed by atoms with E-state index >= 15 is 4.39 Å². The second-order valence-electron chi connectivity index (χ2n) is 12.1. The first-order valence-corrected chi connectivity index (χ1v) is 15.0. The van der Waals surface area contributed by atoms with E-state index in [2.05, 4.69) is 15.6 Å². The minimum Gasteiger partial charge on any atom is -0.356 e. The van der Waals surface area contributed by atoms with Crippen LogP contribution in [-0.2, 0) is 28.9 Å². The van der Waals surface area contributed by atoms with Gasteiger partial charge in [-0.25, -0.2) is 9.37 Å². The summed E-state index contributed by atoms with van der Waals surface area (Å²) in [5, 5.41) is 5.42. The van der Waals surface area contributed by atoms with Crippen LogP contribution in [-0.4, -0.2) is 59.0 Å². The number of benzene rings is 2. The summed E-state index contributed by atoms with van der Waals surface area (Å²) in [6.45, 7) is 2.65. The third kappa shape index (κ3) is 6.42. The molecule has 3 aliphatic rings. The van der Waals surface area contributed by atoms with Crippen LogP contribution in [0.25, 0.3) is 11.1 Å². The number of halogens is 4. The fraction of sp³-hybridized carbons (Fsp3) is 0.394. The lowest BCUT2D eigenvalue weighted by Gasteiger charge is -2.38. The van der Waals surface area contributed by atoms with Gasteiger partial charge >= 0.3 is 6.18 Å². The van der Waals surface area contributed by atoms with Crippen molar-refractivity contribution >= 4 is 23.5 Å². The molecule has 6 rings (SSSR count). The minimum absolute atomic E-state index is 0.0190. The first-order chi connectivity index (χ1) is 21.4. The first-order valence-electron chi connectivity index (χ1n) is 15.0. The largest absolute Gasteiger partial charge is 0.419 e. The Morgan fingerprint density at radius 3 is 2.53 bits per heavy atom. The number of aromatic nitrogens is 1. The summed E-state index contributed by atoms with van der Waals surface area (Å²) in [6.07, 6.45) is -2.65. The summed E-state index contributed by atoms with van der Waals surface area (Å²) in [5.41, 5.74) is 1.59. The summed E-state index contributed by atoms with van der Waals surface area (Å²) < 4.78 is 58.1. The number of amides is 3. The maximum atomic E-state index is 15.8. The van der Waals surface area contributed by atoms with Crippen LogP contribution in [0.1, 0.15) is 58.3 Å². The molecule has 4 heterocycles. The Morgan fingerprint density at radius 1 is 1.04 bits per heavy atom. The van der Waals surface area contributed by atoms with Crippen molar-refractivity contribution in [1.82, 2.24) is 20.5 Å². The quantitative estimate of drug-likeness (QED) is 0.286. The number of hydrogen-bond acceptors (Lipinski definition) is 6. The van der Waals surface area contributed by atoms with Gasteiger partial charge in [-0.05, 0) is 42.2 Å². The number of fused-ring (bicyclic) bond motifs is 1. The number of anilines is 1. The zero-order chi connectivity index (χ0) is 31.9. The lowest BCUT2D eigenvalue weighted by molar-refractivity contribution is -0.138. The third-order valence-corrected chi connectivity index (χ3v) is 8.84. The third-order valence-electron chi connectivity index (χ3n) is 8.84. The highest BCUT2D eigenvalue weighted by molar-refractivity contribution is 6.05. The molecule has 2 fully saturated rings. The van der Waals surface area contributed by atoms with Crippen molar-refractivity contribution in [2.75, 3.05) is 24.5 Å². The van der Waals surface area contributed by atoms with Crippen molar-refractivity contribution in [3.05, 3.63) is 82.5 Å². The molecule has 12 heteroatoms. The zero-order valence-electron chi connectivity index (χ0n) is 24.7. The molecule has 1 atom stereocenters. The van der Waals surface area contributed by atoms with E-state index < -0.39 is 29.4 Å². The number of alkyl halides is 4. The van der Waals surface area contributed by atoms with Crippen LogP contribution in [0.2, 0.25) is 0 Å². The number of nitrogens with zero attached hydrogens (tertiary/aromatic N) is 3. The van der Waals surface area contributed by atoms with Crippen LogP contribution in [0.15, 0.2) is 54.7 Å². The van der Waals surface area contributed by atoms with Gasteiger partial charge in [0.2, 0.25) is 11.8 Å². The maximum absolute atomic E-state index is 15.8. The molecule has 2 N–H and O–H groups in total. The number of piperidine rings is 2. The van der Waals surface area contributed by atoms with Crippen molar-refractivity contribution in [3.8, 4) is 11.1 Å². The summed E-state index contributed by atoms with van der Waals surface area (Å²) >= 11 is 0. The average Bonchev–Trinajstić information content (AvgIpc) is 3.32. The van der Waals surface area contributed by atoms with Crippen LogP contribution in [0.3, 0.4) is 0 Å². The normalized spacial score (nSPS) is 19.9. The molecule has 2 aromatic carbocycles. The summed E-state index contributed by atoms with van der Waals surface area (Å²) in [4.78, 5) is 43.9. The van der Waals surface area contributed by atoms with E-state index in [-0.39, 0.29) is 69.5 Å². The molecule has 0 radical (unpaired) electrons. The van der Waals surface area contributed by atoms with Gasteiger partial charge in [0.25, 0.3) is 5.91 Å². The van der Waals surface area contributed by atoms with Crippen LogP contribution >= 0.6 is 0 Å². The maximum Gasteiger partial charge on any atom is 0.419 e. The van der Waals surface area contributed by atoms with Crippen molar-refractivity contribution in [2.45, 2.75) is 63.6 Å². The lowest BCUT2D eigenvalue weighted by Crippen LogP contribution is -2.52. The van der Waals surface area contributed by atoms with E-state index in [0.29, 0.717) is 23.2 Å².